The van der Waals surface area contributed by atoms with Crippen molar-refractivity contribution in [2.24, 2.45) is 11.8 Å². The number of hydrogen-bond donors (Lipinski definition) is 1. The summed E-state index contributed by atoms with van der Waals surface area (Å²) in [5, 5.41) is 2.93. The molecule has 3 unspecified atom stereocenters. The molecule has 1 N–H and O–H groups in total. The molecule has 1 aliphatic heterocycles. The first-order chi connectivity index (χ1) is 12.4. The molecule has 1 aromatic carbocycles. The van der Waals surface area contributed by atoms with Gasteiger partial charge in [0.1, 0.15) is 13.2 Å². The van der Waals surface area contributed by atoms with Crippen LogP contribution in [0.25, 0.3) is 0 Å². The number of rotatable bonds is 8. The zero-order chi connectivity index (χ0) is 18.9. The number of likely N-dealkylation sites (tertiary alicyclic amines) is 1. The van der Waals surface area contributed by atoms with Crippen LogP contribution in [0.3, 0.4) is 0 Å². The lowest BCUT2D eigenvalue weighted by Gasteiger charge is -2.34. The molecule has 1 fully saturated rings. The van der Waals surface area contributed by atoms with Crippen LogP contribution in [0.1, 0.15) is 39.2 Å². The molecule has 5 heteroatoms. The molecule has 1 aliphatic rings. The molecule has 2 rings (SSSR count). The summed E-state index contributed by atoms with van der Waals surface area (Å²) in [5.74, 6) is 0.861. The van der Waals surface area contributed by atoms with Crippen molar-refractivity contribution in [3.63, 3.8) is 0 Å². The summed E-state index contributed by atoms with van der Waals surface area (Å²) in [5.41, 5.74) is 1.26. The quantitative estimate of drug-likeness (QED) is 0.775. The average Bonchev–Trinajstić information content (AvgIpc) is 2.60. The Morgan fingerprint density at radius 3 is 2.46 bits per heavy atom. The van der Waals surface area contributed by atoms with Gasteiger partial charge < -0.3 is 15.0 Å². The topological polar surface area (TPSA) is 58.6 Å². The Morgan fingerprint density at radius 2 is 1.81 bits per heavy atom. The largest absolute Gasteiger partial charge is 0.362 e. The number of nitrogens with one attached hydrogen (secondary N) is 1. The van der Waals surface area contributed by atoms with Gasteiger partial charge in [-0.1, -0.05) is 44.2 Å². The summed E-state index contributed by atoms with van der Waals surface area (Å²) < 4.78 is 5.34. The Balaban J connectivity index is 1.61. The van der Waals surface area contributed by atoms with E-state index in [0.29, 0.717) is 11.8 Å². The van der Waals surface area contributed by atoms with Gasteiger partial charge in [0.2, 0.25) is 11.8 Å². The van der Waals surface area contributed by atoms with E-state index in [1.54, 1.807) is 0 Å². The molecule has 0 aliphatic carbocycles. The smallest absolute Gasteiger partial charge is 0.248 e. The standard InChI is InChI=1S/C21H32N2O3/c1-16-11-17(2)13-23(12-16)21(25)15-26-14-20(24)22-18(3)9-10-19-7-5-4-6-8-19/h4-8,16-18H,9-15H2,1-3H3,(H,22,24). The lowest BCUT2D eigenvalue weighted by atomic mass is 9.92. The van der Waals surface area contributed by atoms with Gasteiger partial charge in [-0.25, -0.2) is 0 Å². The van der Waals surface area contributed by atoms with Crippen LogP contribution in [0.2, 0.25) is 0 Å². The lowest BCUT2D eigenvalue weighted by Crippen LogP contribution is -2.44. The number of piperidine rings is 1. The number of carbonyl (C=O) groups excluding carboxylic acids is 2. The summed E-state index contributed by atoms with van der Waals surface area (Å²) >= 11 is 0. The highest BCUT2D eigenvalue weighted by molar-refractivity contribution is 5.79. The Hall–Kier alpha value is -1.88. The summed E-state index contributed by atoms with van der Waals surface area (Å²) in [7, 11) is 0. The number of aryl methyl sites for hydroxylation is 1. The molecule has 2 amide bonds. The number of nitrogens with zero attached hydrogens (tertiary/aromatic N) is 1. The van der Waals surface area contributed by atoms with E-state index in [-0.39, 0.29) is 31.1 Å². The van der Waals surface area contributed by atoms with Crippen molar-refractivity contribution < 1.29 is 14.3 Å². The first-order valence-electron chi connectivity index (χ1n) is 9.62. The number of hydrogen-bond acceptors (Lipinski definition) is 3. The van der Waals surface area contributed by atoms with E-state index in [0.717, 1.165) is 32.4 Å². The molecule has 1 heterocycles. The number of amides is 2. The van der Waals surface area contributed by atoms with E-state index < -0.39 is 0 Å². The summed E-state index contributed by atoms with van der Waals surface area (Å²) in [6.45, 7) is 7.81. The van der Waals surface area contributed by atoms with Gasteiger partial charge >= 0.3 is 0 Å². The molecule has 0 spiro atoms. The predicted octanol–water partition coefficient (Wildman–Crippen LogP) is 2.65. The summed E-state index contributed by atoms with van der Waals surface area (Å²) in [6.07, 6.45) is 2.96. The van der Waals surface area contributed by atoms with E-state index >= 15 is 0 Å². The highest BCUT2D eigenvalue weighted by Crippen LogP contribution is 2.20. The highest BCUT2D eigenvalue weighted by atomic mass is 16.5. The second-order valence-electron chi connectivity index (χ2n) is 7.73. The minimum Gasteiger partial charge on any atom is -0.362 e. The first kappa shape index (κ1) is 20.4. The van der Waals surface area contributed by atoms with Gasteiger partial charge in [-0.3, -0.25) is 9.59 Å². The van der Waals surface area contributed by atoms with Crippen LogP contribution >= 0.6 is 0 Å². The summed E-state index contributed by atoms with van der Waals surface area (Å²) in [4.78, 5) is 26.0. The van der Waals surface area contributed by atoms with Gasteiger partial charge in [0, 0.05) is 19.1 Å². The van der Waals surface area contributed by atoms with Crippen molar-refractivity contribution in [1.29, 1.82) is 0 Å². The molecule has 3 atom stereocenters. The molecule has 5 nitrogen and oxygen atoms in total. The normalized spacial score (nSPS) is 21.3. The lowest BCUT2D eigenvalue weighted by molar-refractivity contribution is -0.140. The van der Waals surface area contributed by atoms with Gasteiger partial charge in [-0.15, -0.1) is 0 Å². The summed E-state index contributed by atoms with van der Waals surface area (Å²) in [6, 6.07) is 10.3. The van der Waals surface area contributed by atoms with E-state index in [9.17, 15) is 9.59 Å². The number of ether oxygens (including phenoxy) is 1. The number of benzene rings is 1. The van der Waals surface area contributed by atoms with Gasteiger partial charge in [0.15, 0.2) is 0 Å². The zero-order valence-corrected chi connectivity index (χ0v) is 16.2. The molecule has 26 heavy (non-hydrogen) atoms. The minimum atomic E-state index is -0.168. The molecular weight excluding hydrogens is 328 g/mol. The van der Waals surface area contributed by atoms with Crippen molar-refractivity contribution in [2.45, 2.75) is 46.1 Å². The van der Waals surface area contributed by atoms with Crippen LogP contribution in [0.4, 0.5) is 0 Å². The Bertz CT molecular complexity index is 566. The third kappa shape index (κ3) is 7.16. The van der Waals surface area contributed by atoms with Crippen molar-refractivity contribution in [3.05, 3.63) is 35.9 Å². The maximum atomic E-state index is 12.2. The van der Waals surface area contributed by atoms with Gasteiger partial charge in [0.05, 0.1) is 0 Å². The second kappa shape index (κ2) is 10.3. The maximum Gasteiger partial charge on any atom is 0.248 e. The molecular formula is C21H32N2O3. The van der Waals surface area contributed by atoms with Crippen LogP contribution < -0.4 is 5.32 Å². The average molecular weight is 360 g/mol. The predicted molar refractivity (Wildman–Crippen MR) is 103 cm³/mol. The van der Waals surface area contributed by atoms with Crippen molar-refractivity contribution >= 4 is 11.8 Å². The Kier molecular flexibility index (Phi) is 8.10. The third-order valence-electron chi connectivity index (χ3n) is 4.80. The van der Waals surface area contributed by atoms with E-state index in [2.05, 4.69) is 31.3 Å². The Labute approximate surface area is 157 Å². The monoisotopic (exact) mass is 360 g/mol. The van der Waals surface area contributed by atoms with Crippen molar-refractivity contribution in [3.8, 4) is 0 Å². The SMILES string of the molecule is CC1CC(C)CN(C(=O)COCC(=O)NC(C)CCc2ccccc2)C1. The molecule has 144 valence electrons. The van der Waals surface area contributed by atoms with Crippen LogP contribution in [-0.4, -0.2) is 49.1 Å². The van der Waals surface area contributed by atoms with E-state index in [1.807, 2.05) is 30.0 Å². The second-order valence-corrected chi connectivity index (χ2v) is 7.73. The molecule has 0 radical (unpaired) electrons. The molecule has 1 aromatic rings. The van der Waals surface area contributed by atoms with Gasteiger partial charge in [0.25, 0.3) is 0 Å². The zero-order valence-electron chi connectivity index (χ0n) is 16.2. The van der Waals surface area contributed by atoms with Crippen LogP contribution in [0.5, 0.6) is 0 Å². The fraction of sp³-hybridized carbons (Fsp3) is 0.619. The fourth-order valence-corrected chi connectivity index (χ4v) is 3.61. The highest BCUT2D eigenvalue weighted by Gasteiger charge is 2.25. The first-order valence-corrected chi connectivity index (χ1v) is 9.62. The fourth-order valence-electron chi connectivity index (χ4n) is 3.61. The molecule has 0 aromatic heterocycles. The third-order valence-corrected chi connectivity index (χ3v) is 4.80. The van der Waals surface area contributed by atoms with Crippen molar-refractivity contribution in [2.75, 3.05) is 26.3 Å². The molecule has 0 saturated carbocycles. The van der Waals surface area contributed by atoms with Crippen molar-refractivity contribution in [1.82, 2.24) is 10.2 Å². The Morgan fingerprint density at radius 1 is 1.15 bits per heavy atom. The van der Waals surface area contributed by atoms with Crippen LogP contribution in [0.15, 0.2) is 30.3 Å². The van der Waals surface area contributed by atoms with Gasteiger partial charge in [-0.05, 0) is 43.6 Å². The minimum absolute atomic E-state index is 0.0201. The molecule has 0 bridgehead atoms. The van der Waals surface area contributed by atoms with Crippen LogP contribution in [0, 0.1) is 11.8 Å². The van der Waals surface area contributed by atoms with Crippen LogP contribution in [-0.2, 0) is 20.7 Å². The van der Waals surface area contributed by atoms with E-state index in [1.165, 1.54) is 5.56 Å². The number of carbonyl (C=O) groups is 2. The van der Waals surface area contributed by atoms with E-state index in [4.69, 9.17) is 4.74 Å². The maximum absolute atomic E-state index is 12.2. The van der Waals surface area contributed by atoms with Gasteiger partial charge in [-0.2, -0.15) is 0 Å². The molecule has 1 saturated heterocycles.